The lowest BCUT2D eigenvalue weighted by Gasteiger charge is -2.39. The minimum absolute atomic E-state index is 0.0814. The van der Waals surface area contributed by atoms with Crippen molar-refractivity contribution < 1.29 is 57.7 Å². The van der Waals surface area contributed by atoms with E-state index in [4.69, 9.17) is 49.0 Å². The van der Waals surface area contributed by atoms with Gasteiger partial charge in [-0.05, 0) is 12.5 Å². The predicted octanol–water partition coefficient (Wildman–Crippen LogP) is -0.523. The molecule has 0 bridgehead atoms. The lowest BCUT2D eigenvalue weighted by molar-refractivity contribution is -0.257. The van der Waals surface area contributed by atoms with Crippen molar-refractivity contribution in [2.45, 2.75) is 63.4 Å². The molecule has 0 unspecified atom stereocenters. The van der Waals surface area contributed by atoms with Crippen molar-refractivity contribution in [3.63, 3.8) is 0 Å². The van der Waals surface area contributed by atoms with Crippen LogP contribution in [0.1, 0.15) is 31.7 Å². The first-order valence-corrected chi connectivity index (χ1v) is 16.3. The summed E-state index contributed by atoms with van der Waals surface area (Å²) in [5.74, 6) is -0.233. The van der Waals surface area contributed by atoms with Crippen LogP contribution >= 0.6 is 0 Å². The molecule has 274 valence electrons. The fourth-order valence-electron chi connectivity index (χ4n) is 4.20. The van der Waals surface area contributed by atoms with E-state index >= 15 is 0 Å². The summed E-state index contributed by atoms with van der Waals surface area (Å²) in [6.45, 7) is 6.36. The van der Waals surface area contributed by atoms with Crippen LogP contribution in [0.15, 0.2) is 30.3 Å². The molecule has 2 rings (SSSR count). The molecule has 1 aliphatic rings. The fraction of sp³-hybridized carbons (Fsp3) is 0.719. The van der Waals surface area contributed by atoms with Crippen LogP contribution in [0.5, 0.6) is 0 Å². The molecule has 1 saturated heterocycles. The van der Waals surface area contributed by atoms with Gasteiger partial charge in [-0.3, -0.25) is 15.0 Å². The van der Waals surface area contributed by atoms with Gasteiger partial charge in [-0.1, -0.05) is 30.3 Å². The molecule has 16 heteroatoms. The summed E-state index contributed by atoms with van der Waals surface area (Å²) in [6, 6.07) is 8.71. The second-order valence-electron chi connectivity index (χ2n) is 10.8. The first kappa shape index (κ1) is 41.4. The number of aliphatic hydroxyl groups excluding tert-OH is 2. The van der Waals surface area contributed by atoms with Crippen LogP contribution in [0, 0.1) is 5.41 Å². The van der Waals surface area contributed by atoms with E-state index in [1.165, 1.54) is 0 Å². The molecule has 16 nitrogen and oxygen atoms in total. The van der Waals surface area contributed by atoms with Gasteiger partial charge in [0.25, 0.3) is 0 Å². The van der Waals surface area contributed by atoms with E-state index in [1.54, 1.807) is 6.92 Å². The highest BCUT2D eigenvalue weighted by molar-refractivity contribution is 5.82. The standard InChI is InChI=1S/C32H54N4O12/c1-24-30(39)31(40)29(34)32(48-24)46-22-21-43-14-11-36-28(38)9-12-41-15-17-44-19-20-45-18-16-42-13-10-35-27(37)8-7-26(33)47-23-25-5-3-2-4-6-25/h2-6,24,29-33,39-40H,7-23,34H2,1H3,(H,35,37)(H,36,38)/t24-,29+,30-,31-,32+/m0/s1. The summed E-state index contributed by atoms with van der Waals surface area (Å²) in [7, 11) is 0. The Morgan fingerprint density at radius 3 is 1.88 bits per heavy atom. The SMILES string of the molecule is C[C@@H]1O[C@@H](OCCOCCNC(=O)CCOCCOCCOCCOCCNC(=O)CCC(=N)OCc2ccccc2)[C@H](N)[C@H](O)[C@H]1O. The van der Waals surface area contributed by atoms with Crippen LogP contribution in [0.4, 0.5) is 0 Å². The second-order valence-corrected chi connectivity index (χ2v) is 10.8. The number of aliphatic hydroxyl groups is 2. The van der Waals surface area contributed by atoms with Crippen LogP contribution in [-0.4, -0.2) is 144 Å². The Hall–Kier alpha value is -2.77. The molecule has 1 fully saturated rings. The fourth-order valence-corrected chi connectivity index (χ4v) is 4.20. The first-order valence-electron chi connectivity index (χ1n) is 16.3. The third kappa shape index (κ3) is 19.3. The van der Waals surface area contributed by atoms with Crippen molar-refractivity contribution >= 4 is 17.7 Å². The average molecular weight is 687 g/mol. The van der Waals surface area contributed by atoms with E-state index in [1.807, 2.05) is 30.3 Å². The highest BCUT2D eigenvalue weighted by Crippen LogP contribution is 2.20. The molecular formula is C32H54N4O12. The topological polar surface area (TPSA) is 222 Å². The van der Waals surface area contributed by atoms with Gasteiger partial charge in [-0.15, -0.1) is 0 Å². The minimum Gasteiger partial charge on any atom is -0.476 e. The van der Waals surface area contributed by atoms with Crippen molar-refractivity contribution in [3.8, 4) is 0 Å². The maximum Gasteiger partial charge on any atom is 0.222 e. The molecule has 0 aromatic heterocycles. The normalized spacial score (nSPS) is 20.7. The number of benzene rings is 1. The molecule has 1 aromatic carbocycles. The largest absolute Gasteiger partial charge is 0.476 e. The van der Waals surface area contributed by atoms with E-state index in [9.17, 15) is 19.8 Å². The highest BCUT2D eigenvalue weighted by atomic mass is 16.7. The molecule has 7 N–H and O–H groups in total. The molecule has 1 aromatic rings. The number of nitrogens with one attached hydrogen (secondary N) is 3. The van der Waals surface area contributed by atoms with Crippen molar-refractivity contribution in [1.29, 1.82) is 5.41 Å². The number of rotatable bonds is 27. The van der Waals surface area contributed by atoms with Gasteiger partial charge in [0.1, 0.15) is 18.8 Å². The zero-order chi connectivity index (χ0) is 34.8. The summed E-state index contributed by atoms with van der Waals surface area (Å²) in [5, 5.41) is 33.0. The van der Waals surface area contributed by atoms with Crippen molar-refractivity contribution in [1.82, 2.24) is 10.6 Å². The van der Waals surface area contributed by atoms with E-state index in [0.29, 0.717) is 72.6 Å². The van der Waals surface area contributed by atoms with Gasteiger partial charge in [0.2, 0.25) is 11.8 Å². The molecule has 1 aliphatic heterocycles. The summed E-state index contributed by atoms with van der Waals surface area (Å²) in [4.78, 5) is 23.8. The van der Waals surface area contributed by atoms with E-state index in [0.717, 1.165) is 5.56 Å². The predicted molar refractivity (Wildman–Crippen MR) is 173 cm³/mol. The van der Waals surface area contributed by atoms with Crippen LogP contribution in [-0.2, 0) is 54.1 Å². The number of ether oxygens (including phenoxy) is 8. The van der Waals surface area contributed by atoms with Gasteiger partial charge in [-0.2, -0.15) is 0 Å². The van der Waals surface area contributed by atoms with E-state index < -0.39 is 30.6 Å². The second kappa shape index (κ2) is 26.1. The van der Waals surface area contributed by atoms with Crippen LogP contribution in [0.25, 0.3) is 0 Å². The van der Waals surface area contributed by atoms with Gasteiger partial charge >= 0.3 is 0 Å². The summed E-state index contributed by atoms with van der Waals surface area (Å²) in [6.07, 6.45) is -2.98. The number of carbonyl (C=O) groups excluding carboxylic acids is 2. The number of nitrogens with two attached hydrogens (primary N) is 1. The van der Waals surface area contributed by atoms with Gasteiger partial charge in [0, 0.05) is 32.4 Å². The Kier molecular flexibility index (Phi) is 22.5. The van der Waals surface area contributed by atoms with Gasteiger partial charge < -0.3 is 64.5 Å². The number of amides is 2. The molecular weight excluding hydrogens is 632 g/mol. The summed E-state index contributed by atoms with van der Waals surface area (Å²) in [5.41, 5.74) is 6.80. The van der Waals surface area contributed by atoms with Crippen LogP contribution in [0.3, 0.4) is 0 Å². The number of carbonyl (C=O) groups is 2. The van der Waals surface area contributed by atoms with Crippen molar-refractivity contribution in [3.05, 3.63) is 35.9 Å². The van der Waals surface area contributed by atoms with E-state index in [2.05, 4.69) is 10.6 Å². The molecule has 2 amide bonds. The minimum atomic E-state index is -1.13. The molecule has 0 saturated carbocycles. The molecule has 5 atom stereocenters. The van der Waals surface area contributed by atoms with Crippen molar-refractivity contribution in [2.75, 3.05) is 85.8 Å². The van der Waals surface area contributed by atoms with Gasteiger partial charge in [0.05, 0.1) is 84.8 Å². The van der Waals surface area contributed by atoms with Crippen LogP contribution in [0.2, 0.25) is 0 Å². The first-order chi connectivity index (χ1) is 23.3. The molecule has 0 spiro atoms. The lowest BCUT2D eigenvalue weighted by atomic mass is 9.98. The van der Waals surface area contributed by atoms with Gasteiger partial charge in [-0.25, -0.2) is 0 Å². The molecule has 48 heavy (non-hydrogen) atoms. The lowest BCUT2D eigenvalue weighted by Crippen LogP contribution is -2.61. The maximum atomic E-state index is 11.9. The van der Waals surface area contributed by atoms with E-state index in [-0.39, 0.29) is 56.8 Å². The molecule has 1 heterocycles. The Morgan fingerprint density at radius 2 is 1.27 bits per heavy atom. The maximum absolute atomic E-state index is 11.9. The average Bonchev–Trinajstić information content (AvgIpc) is 3.09. The summed E-state index contributed by atoms with van der Waals surface area (Å²) >= 11 is 0. The van der Waals surface area contributed by atoms with Gasteiger partial charge in [0.15, 0.2) is 12.2 Å². The summed E-state index contributed by atoms with van der Waals surface area (Å²) < 4.78 is 43.4. The Labute approximate surface area is 282 Å². The smallest absolute Gasteiger partial charge is 0.222 e. The third-order valence-electron chi connectivity index (χ3n) is 6.96. The van der Waals surface area contributed by atoms with Crippen molar-refractivity contribution in [2.24, 2.45) is 5.73 Å². The Bertz CT molecular complexity index is 1010. The zero-order valence-electron chi connectivity index (χ0n) is 27.8. The van der Waals surface area contributed by atoms with Crippen LogP contribution < -0.4 is 16.4 Å². The zero-order valence-corrected chi connectivity index (χ0v) is 27.8. The third-order valence-corrected chi connectivity index (χ3v) is 6.96. The number of hydrogen-bond donors (Lipinski definition) is 6. The highest BCUT2D eigenvalue weighted by Gasteiger charge is 2.41. The molecule has 0 radical (unpaired) electrons. The Balaban J connectivity index is 1.26. The number of hydrogen-bond acceptors (Lipinski definition) is 14. The molecule has 0 aliphatic carbocycles. The Morgan fingerprint density at radius 1 is 0.750 bits per heavy atom. The monoisotopic (exact) mass is 686 g/mol. The quantitative estimate of drug-likeness (QED) is 0.0390.